The number of hydrogen-bond donors (Lipinski definition) is 2. The fourth-order valence-corrected chi connectivity index (χ4v) is 5.89. The molecule has 0 aromatic carbocycles. The molecule has 3 N–H and O–H groups in total. The van der Waals surface area contributed by atoms with Crippen molar-refractivity contribution in [2.45, 2.75) is 161 Å². The second kappa shape index (κ2) is 39.2. The number of esters is 2. The van der Waals surface area contributed by atoms with Gasteiger partial charge in [-0.1, -0.05) is 158 Å². The van der Waals surface area contributed by atoms with Crippen LogP contribution in [-0.4, -0.2) is 49.3 Å². The molecule has 0 aromatic rings. The Bertz CT molecular complexity index is 1100. The lowest BCUT2D eigenvalue weighted by molar-refractivity contribution is -0.159. The monoisotopic (exact) mass is 764 g/mol. The van der Waals surface area contributed by atoms with Crippen molar-refractivity contribution in [2.75, 3.05) is 26.4 Å². The molecule has 0 radical (unpaired) electrons. The van der Waals surface area contributed by atoms with Crippen LogP contribution in [0.15, 0.2) is 72.9 Å². The number of phosphoric ester groups is 1. The van der Waals surface area contributed by atoms with Gasteiger partial charge in [-0.15, -0.1) is 0 Å². The average molecular weight is 764 g/mol. The van der Waals surface area contributed by atoms with Crippen LogP contribution >= 0.6 is 7.82 Å². The van der Waals surface area contributed by atoms with Gasteiger partial charge in [-0.05, 0) is 57.8 Å². The molecule has 0 fully saturated rings. The Hall–Kier alpha value is -2.55. The number of unbranched alkanes of at least 4 members (excludes halogenated alkanes) is 15. The van der Waals surface area contributed by atoms with Gasteiger partial charge in [-0.3, -0.25) is 13.8 Å². The van der Waals surface area contributed by atoms with Crippen molar-refractivity contribution in [3.63, 3.8) is 0 Å². The largest absolute Gasteiger partial charge is 0.472 e. The van der Waals surface area contributed by atoms with Crippen LogP contribution in [0.3, 0.4) is 0 Å². The van der Waals surface area contributed by atoms with Crippen LogP contribution in [0.1, 0.15) is 155 Å². The minimum Gasteiger partial charge on any atom is -0.458 e. The molecule has 0 saturated carbocycles. The molecule has 1 unspecified atom stereocenters. The zero-order chi connectivity index (χ0) is 38.9. The summed E-state index contributed by atoms with van der Waals surface area (Å²) in [6.45, 7) is 3.49. The molecule has 304 valence electrons. The van der Waals surface area contributed by atoms with E-state index in [1.165, 1.54) is 89.5 Å². The topological polar surface area (TPSA) is 134 Å². The normalized spacial score (nSPS) is 14.1. The molecule has 0 aliphatic heterocycles. The van der Waals surface area contributed by atoms with Gasteiger partial charge in [0.15, 0.2) is 6.10 Å². The Labute approximate surface area is 322 Å². The number of allylic oxidation sites excluding steroid dienone is 11. The van der Waals surface area contributed by atoms with Gasteiger partial charge in [-0.2, -0.15) is 0 Å². The van der Waals surface area contributed by atoms with Gasteiger partial charge < -0.3 is 20.1 Å². The summed E-state index contributed by atoms with van der Waals surface area (Å²) in [7, 11) is -4.41. The van der Waals surface area contributed by atoms with Crippen LogP contribution in [0.5, 0.6) is 0 Å². The van der Waals surface area contributed by atoms with Crippen molar-refractivity contribution in [2.24, 2.45) is 5.73 Å². The molecule has 0 amide bonds. The number of rotatable bonds is 37. The van der Waals surface area contributed by atoms with Crippen LogP contribution in [0.4, 0.5) is 0 Å². The van der Waals surface area contributed by atoms with E-state index in [-0.39, 0.29) is 26.2 Å². The molecule has 0 saturated heterocycles. The Morgan fingerprint density at radius 1 is 0.623 bits per heavy atom. The zero-order valence-electron chi connectivity index (χ0n) is 33.2. The summed E-state index contributed by atoms with van der Waals surface area (Å²) in [5, 5.41) is 0. The summed E-state index contributed by atoms with van der Waals surface area (Å²) >= 11 is 0. The summed E-state index contributed by atoms with van der Waals surface area (Å²) in [4.78, 5) is 34.6. The maximum absolute atomic E-state index is 12.5. The first-order valence-electron chi connectivity index (χ1n) is 20.5. The third-order valence-electron chi connectivity index (χ3n) is 8.17. The van der Waals surface area contributed by atoms with E-state index in [1.54, 1.807) is 6.08 Å². The number of ether oxygens (including phenoxy) is 2. The lowest BCUT2D eigenvalue weighted by atomic mass is 10.1. The molecule has 0 heterocycles. The highest BCUT2D eigenvalue weighted by molar-refractivity contribution is 7.47. The van der Waals surface area contributed by atoms with E-state index < -0.39 is 32.5 Å². The third kappa shape index (κ3) is 39.0. The van der Waals surface area contributed by atoms with Crippen LogP contribution in [0.25, 0.3) is 0 Å². The maximum atomic E-state index is 12.5. The first kappa shape index (κ1) is 50.5. The van der Waals surface area contributed by atoms with Crippen LogP contribution in [0.2, 0.25) is 0 Å². The zero-order valence-corrected chi connectivity index (χ0v) is 34.1. The number of phosphoric acid groups is 1. The van der Waals surface area contributed by atoms with E-state index in [0.717, 1.165) is 38.5 Å². The summed E-state index contributed by atoms with van der Waals surface area (Å²) in [6, 6.07) is 0. The molecule has 10 heteroatoms. The van der Waals surface area contributed by atoms with Crippen molar-refractivity contribution < 1.29 is 37.6 Å². The Morgan fingerprint density at radius 3 is 1.70 bits per heavy atom. The van der Waals surface area contributed by atoms with E-state index in [0.29, 0.717) is 12.8 Å². The average Bonchev–Trinajstić information content (AvgIpc) is 3.14. The van der Waals surface area contributed by atoms with Crippen molar-refractivity contribution in [3.8, 4) is 0 Å². The summed E-state index contributed by atoms with van der Waals surface area (Å²) < 4.78 is 32.5. The number of nitrogens with two attached hydrogens (primary N) is 1. The van der Waals surface area contributed by atoms with E-state index >= 15 is 0 Å². The highest BCUT2D eigenvalue weighted by atomic mass is 31.2. The molecular formula is C43H74NO8P. The van der Waals surface area contributed by atoms with Crippen molar-refractivity contribution in [3.05, 3.63) is 72.9 Å². The molecule has 53 heavy (non-hydrogen) atoms. The molecule has 0 aliphatic carbocycles. The van der Waals surface area contributed by atoms with Crippen molar-refractivity contribution in [1.29, 1.82) is 0 Å². The van der Waals surface area contributed by atoms with Gasteiger partial charge >= 0.3 is 19.8 Å². The minimum absolute atomic E-state index is 0.0312. The lowest BCUT2D eigenvalue weighted by Crippen LogP contribution is -2.29. The van der Waals surface area contributed by atoms with E-state index in [4.69, 9.17) is 24.3 Å². The van der Waals surface area contributed by atoms with Gasteiger partial charge in [-0.25, -0.2) is 9.36 Å². The SMILES string of the molecule is CCCCC/C=C/C/C=C/C/C=C/C/C=C/CCCC(=O)O[C@H](COC(=O)/C=C/C=C/CCCCCCCCCCCCC)COP(=O)(O)OCCN. The van der Waals surface area contributed by atoms with E-state index in [2.05, 4.69) is 56.4 Å². The second-order valence-corrected chi connectivity index (χ2v) is 14.7. The van der Waals surface area contributed by atoms with E-state index in [9.17, 15) is 19.0 Å². The fourth-order valence-electron chi connectivity index (χ4n) is 5.13. The lowest BCUT2D eigenvalue weighted by Gasteiger charge is -2.19. The molecule has 0 aliphatic rings. The second-order valence-electron chi connectivity index (χ2n) is 13.2. The first-order valence-corrected chi connectivity index (χ1v) is 22.0. The molecule has 9 nitrogen and oxygen atoms in total. The standard InChI is InChI=1S/C43H74NO8P/c1-3-5-7-9-11-13-15-17-19-20-22-24-26-28-30-32-34-36-43(46)52-41(40-51-53(47,48)50-38-37-44)39-49-42(45)35-33-31-29-27-25-23-21-18-16-14-12-10-8-6-4-2/h11,13,17,19,22,24,28-31,33,35,41H,3-10,12,14-16,18,20-21,23,25-27,32,34,36-40,44H2,1-2H3,(H,47,48)/b13-11+,19-17+,24-22+,30-28+,31-29+,35-33+/t41-/m1/s1. The number of carbonyl (C=O) groups excluding carboxylic acids is 2. The Morgan fingerprint density at radius 2 is 1.11 bits per heavy atom. The minimum atomic E-state index is -4.41. The van der Waals surface area contributed by atoms with Crippen molar-refractivity contribution in [1.82, 2.24) is 0 Å². The highest BCUT2D eigenvalue weighted by Crippen LogP contribution is 2.43. The molecule has 0 rings (SSSR count). The molecule has 2 atom stereocenters. The molecule has 0 bridgehead atoms. The Balaban J connectivity index is 4.41. The summed E-state index contributed by atoms with van der Waals surface area (Å²) in [6.07, 6.45) is 47.1. The number of carbonyl (C=O) groups is 2. The van der Waals surface area contributed by atoms with Crippen molar-refractivity contribution >= 4 is 19.8 Å². The summed E-state index contributed by atoms with van der Waals surface area (Å²) in [5.41, 5.74) is 5.33. The molecule has 0 aromatic heterocycles. The summed E-state index contributed by atoms with van der Waals surface area (Å²) in [5.74, 6) is -1.15. The van der Waals surface area contributed by atoms with Gasteiger partial charge in [0, 0.05) is 19.0 Å². The quantitative estimate of drug-likeness (QED) is 0.0158. The van der Waals surface area contributed by atoms with Gasteiger partial charge in [0.1, 0.15) is 6.61 Å². The predicted octanol–water partition coefficient (Wildman–Crippen LogP) is 11.5. The first-order chi connectivity index (χ1) is 25.8. The van der Waals surface area contributed by atoms with Crippen LogP contribution in [0, 0.1) is 0 Å². The van der Waals surface area contributed by atoms with Crippen LogP contribution in [-0.2, 0) is 32.7 Å². The molecular weight excluding hydrogens is 689 g/mol. The Kier molecular flexibility index (Phi) is 37.3. The third-order valence-corrected chi connectivity index (χ3v) is 9.15. The van der Waals surface area contributed by atoms with Gasteiger partial charge in [0.05, 0.1) is 13.2 Å². The van der Waals surface area contributed by atoms with Gasteiger partial charge in [0.2, 0.25) is 0 Å². The van der Waals surface area contributed by atoms with Crippen LogP contribution < -0.4 is 5.73 Å². The highest BCUT2D eigenvalue weighted by Gasteiger charge is 2.25. The molecule has 0 spiro atoms. The van der Waals surface area contributed by atoms with E-state index in [1.807, 2.05) is 18.2 Å². The number of hydrogen-bond acceptors (Lipinski definition) is 8. The maximum Gasteiger partial charge on any atom is 0.472 e. The predicted molar refractivity (Wildman–Crippen MR) is 219 cm³/mol. The smallest absolute Gasteiger partial charge is 0.458 e. The fraction of sp³-hybridized carbons (Fsp3) is 0.674. The van der Waals surface area contributed by atoms with Gasteiger partial charge in [0.25, 0.3) is 0 Å².